The first kappa shape index (κ1) is 23.4. The number of rotatable bonds is 3. The Hall–Kier alpha value is -2.95. The van der Waals surface area contributed by atoms with E-state index < -0.39 is 0 Å². The largest absolute Gasteiger partial charge is 0.376 e. The van der Waals surface area contributed by atoms with Crippen molar-refractivity contribution in [2.75, 3.05) is 31.1 Å². The lowest BCUT2D eigenvalue weighted by Crippen LogP contribution is -2.54. The van der Waals surface area contributed by atoms with Gasteiger partial charge in [0.05, 0.1) is 30.0 Å². The van der Waals surface area contributed by atoms with Crippen LogP contribution in [-0.4, -0.2) is 48.1 Å². The lowest BCUT2D eigenvalue weighted by molar-refractivity contribution is 0.0676. The molecule has 6 rings (SSSR count). The summed E-state index contributed by atoms with van der Waals surface area (Å²) in [7, 11) is 0. The van der Waals surface area contributed by atoms with Crippen LogP contribution >= 0.6 is 11.3 Å². The first-order valence-corrected chi connectivity index (χ1v) is 14.1. The second-order valence-electron chi connectivity index (χ2n) is 10.3. The van der Waals surface area contributed by atoms with Crippen molar-refractivity contribution in [3.05, 3.63) is 57.6 Å². The van der Waals surface area contributed by atoms with Gasteiger partial charge in [0.15, 0.2) is 0 Å². The van der Waals surface area contributed by atoms with Gasteiger partial charge in [0, 0.05) is 52.6 Å². The van der Waals surface area contributed by atoms with Crippen LogP contribution in [-0.2, 0) is 17.8 Å². The van der Waals surface area contributed by atoms with Crippen molar-refractivity contribution in [3.8, 4) is 6.07 Å². The van der Waals surface area contributed by atoms with Crippen molar-refractivity contribution in [2.45, 2.75) is 64.0 Å². The Morgan fingerprint density at radius 3 is 2.81 bits per heavy atom. The fourth-order valence-electron chi connectivity index (χ4n) is 6.27. The predicted molar refractivity (Wildman–Crippen MR) is 143 cm³/mol. The van der Waals surface area contributed by atoms with Gasteiger partial charge in [-0.2, -0.15) is 5.26 Å². The number of amides is 1. The number of thiophene rings is 1. The smallest absolute Gasteiger partial charge is 0.255 e. The van der Waals surface area contributed by atoms with Crippen LogP contribution in [0.4, 0.5) is 5.82 Å². The van der Waals surface area contributed by atoms with Crippen molar-refractivity contribution < 1.29 is 9.53 Å². The van der Waals surface area contributed by atoms with Crippen LogP contribution in [0.25, 0.3) is 10.1 Å². The molecule has 7 heteroatoms. The number of ether oxygens (including phenoxy) is 1. The summed E-state index contributed by atoms with van der Waals surface area (Å²) in [6.45, 7) is 5.31. The summed E-state index contributed by atoms with van der Waals surface area (Å²) in [6.07, 6.45) is 6.88. The van der Waals surface area contributed by atoms with Crippen LogP contribution < -0.4 is 4.90 Å². The Balaban J connectivity index is 1.30. The van der Waals surface area contributed by atoms with E-state index in [1.807, 2.05) is 28.5 Å². The Morgan fingerprint density at radius 2 is 2.00 bits per heavy atom. The average Bonchev–Trinajstić information content (AvgIpc) is 3.36. The number of hydrogen-bond acceptors (Lipinski definition) is 6. The molecule has 2 aromatic heterocycles. The predicted octanol–water partition coefficient (Wildman–Crippen LogP) is 5.64. The number of anilines is 1. The van der Waals surface area contributed by atoms with Crippen LogP contribution in [0.3, 0.4) is 0 Å². The highest BCUT2D eigenvalue weighted by atomic mass is 32.1. The lowest BCUT2D eigenvalue weighted by Gasteiger charge is -2.41. The molecule has 0 spiro atoms. The Bertz CT molecular complexity index is 1340. The Morgan fingerprint density at radius 1 is 1.17 bits per heavy atom. The number of fused-ring (bicyclic) bond motifs is 2. The van der Waals surface area contributed by atoms with Crippen LogP contribution in [0, 0.1) is 11.3 Å². The highest BCUT2D eigenvalue weighted by Gasteiger charge is 2.34. The second-order valence-corrected chi connectivity index (χ2v) is 11.3. The van der Waals surface area contributed by atoms with Crippen molar-refractivity contribution in [1.29, 1.82) is 5.26 Å². The minimum Gasteiger partial charge on any atom is -0.376 e. The van der Waals surface area contributed by atoms with Gasteiger partial charge in [-0.05, 0) is 37.8 Å². The minimum absolute atomic E-state index is 0.0238. The topological polar surface area (TPSA) is 69.5 Å². The quantitative estimate of drug-likeness (QED) is 0.466. The van der Waals surface area contributed by atoms with Gasteiger partial charge < -0.3 is 14.5 Å². The lowest BCUT2D eigenvalue weighted by atomic mass is 9.82. The summed E-state index contributed by atoms with van der Waals surface area (Å²) in [5.74, 6) is 1.37. The summed E-state index contributed by atoms with van der Waals surface area (Å²) >= 11 is 1.62. The van der Waals surface area contributed by atoms with E-state index >= 15 is 0 Å². The molecule has 1 aromatic carbocycles. The summed E-state index contributed by atoms with van der Waals surface area (Å²) in [4.78, 5) is 23.0. The van der Waals surface area contributed by atoms with Gasteiger partial charge in [0.2, 0.25) is 0 Å². The van der Waals surface area contributed by atoms with Gasteiger partial charge in [-0.1, -0.05) is 37.5 Å². The standard InChI is InChI=1S/C29H32N4O2S/c1-19-16-32(12-13-33(19)29(34)25-18-36-26-10-6-5-9-22(25)26)28-23(15-30)21-11-14-35-17-24(21)27(31-28)20-7-3-2-4-8-20/h5-6,9-10,18-20H,2-4,7-8,11-14,16-17H2,1H3. The molecule has 2 fully saturated rings. The molecule has 0 bridgehead atoms. The number of hydrogen-bond donors (Lipinski definition) is 0. The second kappa shape index (κ2) is 9.84. The summed E-state index contributed by atoms with van der Waals surface area (Å²) in [5, 5.41) is 13.2. The number of nitriles is 1. The molecule has 6 nitrogen and oxygen atoms in total. The molecule has 186 valence electrons. The van der Waals surface area contributed by atoms with Crippen molar-refractivity contribution in [2.24, 2.45) is 0 Å². The average molecular weight is 501 g/mol. The third-order valence-electron chi connectivity index (χ3n) is 8.17. The van der Waals surface area contributed by atoms with E-state index in [1.165, 1.54) is 24.8 Å². The third-order valence-corrected chi connectivity index (χ3v) is 9.13. The van der Waals surface area contributed by atoms with Gasteiger partial charge in [0.1, 0.15) is 11.9 Å². The van der Waals surface area contributed by atoms with E-state index in [-0.39, 0.29) is 11.9 Å². The molecule has 1 amide bonds. The monoisotopic (exact) mass is 500 g/mol. The summed E-state index contributed by atoms with van der Waals surface area (Å²) in [6, 6.07) is 10.6. The fourth-order valence-corrected chi connectivity index (χ4v) is 7.21. The molecule has 3 aliphatic rings. The van der Waals surface area contributed by atoms with E-state index in [2.05, 4.69) is 24.0 Å². The summed E-state index contributed by atoms with van der Waals surface area (Å²) in [5.41, 5.74) is 4.97. The number of carbonyl (C=O) groups is 1. The first-order chi connectivity index (χ1) is 17.7. The molecule has 1 aliphatic carbocycles. The first-order valence-electron chi connectivity index (χ1n) is 13.2. The molecule has 0 radical (unpaired) electrons. The highest BCUT2D eigenvalue weighted by molar-refractivity contribution is 7.17. The van der Waals surface area contributed by atoms with E-state index in [4.69, 9.17) is 9.72 Å². The molecule has 1 saturated heterocycles. The van der Waals surface area contributed by atoms with Gasteiger partial charge in [0.25, 0.3) is 5.91 Å². The molecule has 1 saturated carbocycles. The van der Waals surface area contributed by atoms with E-state index in [9.17, 15) is 10.1 Å². The van der Waals surface area contributed by atoms with Crippen LogP contribution in [0.1, 0.15) is 77.7 Å². The molecule has 1 atom stereocenters. The minimum atomic E-state index is 0.0238. The van der Waals surface area contributed by atoms with Crippen LogP contribution in [0.15, 0.2) is 29.6 Å². The Labute approximate surface area is 216 Å². The fraction of sp³-hybridized carbons (Fsp3) is 0.483. The zero-order valence-electron chi connectivity index (χ0n) is 20.8. The van der Waals surface area contributed by atoms with Gasteiger partial charge in [-0.3, -0.25) is 4.79 Å². The molecule has 36 heavy (non-hydrogen) atoms. The molecular weight excluding hydrogens is 468 g/mol. The van der Waals surface area contributed by atoms with Gasteiger partial charge >= 0.3 is 0 Å². The number of benzene rings is 1. The van der Waals surface area contributed by atoms with E-state index in [0.717, 1.165) is 52.0 Å². The highest BCUT2D eigenvalue weighted by Crippen LogP contribution is 2.39. The van der Waals surface area contributed by atoms with E-state index in [0.29, 0.717) is 44.3 Å². The maximum atomic E-state index is 13.5. The van der Waals surface area contributed by atoms with Crippen molar-refractivity contribution in [3.63, 3.8) is 0 Å². The number of aromatic nitrogens is 1. The van der Waals surface area contributed by atoms with Crippen LogP contribution in [0.2, 0.25) is 0 Å². The molecule has 3 aromatic rings. The summed E-state index contributed by atoms with van der Waals surface area (Å²) < 4.78 is 6.97. The Kier molecular flexibility index (Phi) is 6.41. The van der Waals surface area contributed by atoms with E-state index in [1.54, 1.807) is 11.3 Å². The number of pyridine rings is 1. The third kappa shape index (κ3) is 4.07. The van der Waals surface area contributed by atoms with Crippen molar-refractivity contribution in [1.82, 2.24) is 9.88 Å². The normalized spacial score (nSPS) is 20.8. The molecule has 0 N–H and O–H groups in total. The van der Waals surface area contributed by atoms with Crippen molar-refractivity contribution >= 4 is 33.1 Å². The zero-order valence-corrected chi connectivity index (χ0v) is 21.6. The molecule has 2 aliphatic heterocycles. The van der Waals surface area contributed by atoms with Crippen LogP contribution in [0.5, 0.6) is 0 Å². The SMILES string of the molecule is CC1CN(c2nc(C3CCCCC3)c3c(c2C#N)CCOC3)CCN1C(=O)c1csc2ccccc12. The number of piperazine rings is 1. The van der Waals surface area contributed by atoms with Gasteiger partial charge in [-0.15, -0.1) is 11.3 Å². The molecule has 4 heterocycles. The maximum absolute atomic E-state index is 13.5. The molecule has 1 unspecified atom stereocenters. The molecular formula is C29H32N4O2S. The zero-order chi connectivity index (χ0) is 24.6. The maximum Gasteiger partial charge on any atom is 0.255 e. The van der Waals surface area contributed by atoms with Gasteiger partial charge in [-0.25, -0.2) is 4.98 Å². The number of carbonyl (C=O) groups excluding carboxylic acids is 1. The number of nitrogens with zero attached hydrogens (tertiary/aromatic N) is 4.